The molecule has 2 nitrogen and oxygen atoms in total. The zero-order valence-corrected chi connectivity index (χ0v) is 12.3. The quantitative estimate of drug-likeness (QED) is 0.919. The summed E-state index contributed by atoms with van der Waals surface area (Å²) in [5.41, 5.74) is 1.09. The topological polar surface area (TPSA) is 21.3 Å². The van der Waals surface area contributed by atoms with E-state index in [1.165, 1.54) is 6.07 Å². The van der Waals surface area contributed by atoms with Crippen molar-refractivity contribution < 1.29 is 9.13 Å². The van der Waals surface area contributed by atoms with Crippen LogP contribution < -0.4 is 5.32 Å². The van der Waals surface area contributed by atoms with Gasteiger partial charge in [0.1, 0.15) is 5.82 Å². The SMILES string of the molecule is CC1CC(NCc2ccc(F)c(Br)c2)CC(C)O1. The Balaban J connectivity index is 1.89. The maximum atomic E-state index is 13.1. The third kappa shape index (κ3) is 3.77. The second kappa shape index (κ2) is 6.13. The van der Waals surface area contributed by atoms with Crippen molar-refractivity contribution in [3.8, 4) is 0 Å². The van der Waals surface area contributed by atoms with Gasteiger partial charge in [-0.05, 0) is 60.3 Å². The van der Waals surface area contributed by atoms with Gasteiger partial charge in [-0.25, -0.2) is 4.39 Å². The summed E-state index contributed by atoms with van der Waals surface area (Å²) in [7, 11) is 0. The highest BCUT2D eigenvalue weighted by Crippen LogP contribution is 2.20. The molecule has 18 heavy (non-hydrogen) atoms. The molecule has 4 heteroatoms. The van der Waals surface area contributed by atoms with Crippen molar-refractivity contribution in [2.45, 2.75) is 51.5 Å². The number of hydrogen-bond donors (Lipinski definition) is 1. The Morgan fingerprint density at radius 2 is 2.00 bits per heavy atom. The van der Waals surface area contributed by atoms with Crippen LogP contribution in [0.1, 0.15) is 32.3 Å². The molecule has 0 spiro atoms. The van der Waals surface area contributed by atoms with Crippen molar-refractivity contribution in [3.05, 3.63) is 34.1 Å². The van der Waals surface area contributed by atoms with Crippen LogP contribution in [-0.2, 0) is 11.3 Å². The number of halogens is 2. The number of ether oxygens (including phenoxy) is 1. The van der Waals surface area contributed by atoms with E-state index < -0.39 is 0 Å². The fourth-order valence-corrected chi connectivity index (χ4v) is 2.91. The molecular weight excluding hydrogens is 297 g/mol. The normalized spacial score (nSPS) is 28.3. The number of hydrogen-bond acceptors (Lipinski definition) is 2. The lowest BCUT2D eigenvalue weighted by atomic mass is 9.99. The highest BCUT2D eigenvalue weighted by atomic mass is 79.9. The summed E-state index contributed by atoms with van der Waals surface area (Å²) in [5, 5.41) is 3.52. The summed E-state index contributed by atoms with van der Waals surface area (Å²) in [4.78, 5) is 0. The van der Waals surface area contributed by atoms with Crippen LogP contribution in [0.4, 0.5) is 4.39 Å². The van der Waals surface area contributed by atoms with Gasteiger partial charge in [0, 0.05) is 12.6 Å². The second-order valence-electron chi connectivity index (χ2n) is 5.06. The molecule has 1 aliphatic heterocycles. The molecule has 0 aliphatic carbocycles. The van der Waals surface area contributed by atoms with Gasteiger partial charge < -0.3 is 10.1 Å². The lowest BCUT2D eigenvalue weighted by Gasteiger charge is -2.32. The molecule has 2 unspecified atom stereocenters. The molecule has 1 heterocycles. The van der Waals surface area contributed by atoms with E-state index in [4.69, 9.17) is 4.74 Å². The zero-order chi connectivity index (χ0) is 13.1. The third-order valence-electron chi connectivity index (χ3n) is 3.28. The van der Waals surface area contributed by atoms with E-state index in [1.54, 1.807) is 0 Å². The maximum Gasteiger partial charge on any atom is 0.137 e. The van der Waals surface area contributed by atoms with Crippen LogP contribution in [0.2, 0.25) is 0 Å². The van der Waals surface area contributed by atoms with Gasteiger partial charge in [-0.1, -0.05) is 6.07 Å². The van der Waals surface area contributed by atoms with Crippen LogP contribution >= 0.6 is 15.9 Å². The first-order valence-electron chi connectivity index (χ1n) is 6.37. The highest BCUT2D eigenvalue weighted by Gasteiger charge is 2.23. The first kappa shape index (κ1) is 14.0. The lowest BCUT2D eigenvalue weighted by molar-refractivity contribution is -0.0422. The minimum Gasteiger partial charge on any atom is -0.375 e. The Labute approximate surface area is 116 Å². The summed E-state index contributed by atoms with van der Waals surface area (Å²) < 4.78 is 19.3. The van der Waals surface area contributed by atoms with Crippen molar-refractivity contribution in [2.24, 2.45) is 0 Å². The van der Waals surface area contributed by atoms with E-state index in [9.17, 15) is 4.39 Å². The molecule has 0 amide bonds. The van der Waals surface area contributed by atoms with Crippen LogP contribution in [-0.4, -0.2) is 18.2 Å². The first-order chi connectivity index (χ1) is 8.54. The standard InChI is InChI=1S/C14H19BrFNO/c1-9-5-12(6-10(2)18-9)17-8-11-3-4-14(16)13(15)7-11/h3-4,7,9-10,12,17H,5-6,8H2,1-2H3. The average Bonchev–Trinajstić information content (AvgIpc) is 2.29. The van der Waals surface area contributed by atoms with Crippen LogP contribution in [0.15, 0.2) is 22.7 Å². The Morgan fingerprint density at radius 1 is 1.33 bits per heavy atom. The molecule has 0 bridgehead atoms. The predicted octanol–water partition coefficient (Wildman–Crippen LogP) is 3.63. The van der Waals surface area contributed by atoms with E-state index >= 15 is 0 Å². The summed E-state index contributed by atoms with van der Waals surface area (Å²) >= 11 is 3.21. The predicted molar refractivity (Wildman–Crippen MR) is 74.0 cm³/mol. The van der Waals surface area contributed by atoms with Crippen LogP contribution in [0.5, 0.6) is 0 Å². The van der Waals surface area contributed by atoms with Gasteiger partial charge in [-0.2, -0.15) is 0 Å². The molecule has 1 fully saturated rings. The molecule has 100 valence electrons. The fraction of sp³-hybridized carbons (Fsp3) is 0.571. The molecule has 1 N–H and O–H groups in total. The van der Waals surface area contributed by atoms with Gasteiger partial charge in [-0.15, -0.1) is 0 Å². The zero-order valence-electron chi connectivity index (χ0n) is 10.7. The Hall–Kier alpha value is -0.450. The van der Waals surface area contributed by atoms with Gasteiger partial charge in [0.2, 0.25) is 0 Å². The van der Waals surface area contributed by atoms with Crippen LogP contribution in [0.3, 0.4) is 0 Å². The van der Waals surface area contributed by atoms with Gasteiger partial charge in [-0.3, -0.25) is 0 Å². The molecule has 1 aromatic rings. The van der Waals surface area contributed by atoms with E-state index in [2.05, 4.69) is 35.1 Å². The Morgan fingerprint density at radius 3 is 2.61 bits per heavy atom. The summed E-state index contributed by atoms with van der Waals surface area (Å²) in [5.74, 6) is -0.216. The van der Waals surface area contributed by atoms with Crippen molar-refractivity contribution >= 4 is 15.9 Å². The van der Waals surface area contributed by atoms with E-state index in [0.29, 0.717) is 22.7 Å². The van der Waals surface area contributed by atoms with Crippen molar-refractivity contribution in [1.29, 1.82) is 0 Å². The van der Waals surface area contributed by atoms with Gasteiger partial charge >= 0.3 is 0 Å². The lowest BCUT2D eigenvalue weighted by Crippen LogP contribution is -2.40. The molecule has 2 atom stereocenters. The average molecular weight is 316 g/mol. The summed E-state index contributed by atoms with van der Waals surface area (Å²) in [6, 6.07) is 5.62. The number of benzene rings is 1. The first-order valence-corrected chi connectivity index (χ1v) is 7.16. The smallest absolute Gasteiger partial charge is 0.137 e. The van der Waals surface area contributed by atoms with Gasteiger partial charge in [0.05, 0.1) is 16.7 Å². The Bertz CT molecular complexity index is 403. The molecule has 0 saturated carbocycles. The van der Waals surface area contributed by atoms with Crippen LogP contribution in [0, 0.1) is 5.82 Å². The maximum absolute atomic E-state index is 13.1. The largest absolute Gasteiger partial charge is 0.375 e. The van der Waals surface area contributed by atoms with E-state index in [1.807, 2.05) is 12.1 Å². The van der Waals surface area contributed by atoms with Gasteiger partial charge in [0.25, 0.3) is 0 Å². The highest BCUT2D eigenvalue weighted by molar-refractivity contribution is 9.10. The fourth-order valence-electron chi connectivity index (χ4n) is 2.48. The molecule has 1 aliphatic rings. The minimum atomic E-state index is -0.216. The molecule has 1 saturated heterocycles. The number of rotatable bonds is 3. The molecule has 2 rings (SSSR count). The molecular formula is C14H19BrFNO. The summed E-state index contributed by atoms with van der Waals surface area (Å²) in [6.07, 6.45) is 2.69. The number of nitrogens with one attached hydrogen (secondary N) is 1. The van der Waals surface area contributed by atoms with E-state index in [0.717, 1.165) is 24.9 Å². The van der Waals surface area contributed by atoms with Crippen molar-refractivity contribution in [1.82, 2.24) is 5.32 Å². The molecule has 0 radical (unpaired) electrons. The Kier molecular flexibility index (Phi) is 4.76. The molecule has 1 aromatic carbocycles. The van der Waals surface area contributed by atoms with Gasteiger partial charge in [0.15, 0.2) is 0 Å². The van der Waals surface area contributed by atoms with Crippen molar-refractivity contribution in [3.63, 3.8) is 0 Å². The van der Waals surface area contributed by atoms with Crippen LogP contribution in [0.25, 0.3) is 0 Å². The second-order valence-corrected chi connectivity index (χ2v) is 5.91. The minimum absolute atomic E-state index is 0.216. The third-order valence-corrected chi connectivity index (χ3v) is 3.88. The van der Waals surface area contributed by atoms with Crippen molar-refractivity contribution in [2.75, 3.05) is 0 Å². The molecule has 0 aromatic heterocycles. The van der Waals surface area contributed by atoms with E-state index in [-0.39, 0.29) is 5.82 Å². The summed E-state index contributed by atoms with van der Waals surface area (Å²) in [6.45, 7) is 4.99. The monoisotopic (exact) mass is 315 g/mol.